The van der Waals surface area contributed by atoms with Gasteiger partial charge in [0.25, 0.3) is 0 Å². The van der Waals surface area contributed by atoms with E-state index in [0.717, 1.165) is 43.6 Å². The van der Waals surface area contributed by atoms with Gasteiger partial charge in [0.1, 0.15) is 62.1 Å². The first-order chi connectivity index (χ1) is 45.2. The molecule has 9 amide bonds. The molecule has 11 N–H and O–H groups in total. The highest BCUT2D eigenvalue weighted by atomic mass is 16.6. The van der Waals surface area contributed by atoms with E-state index < -0.39 is 163 Å². The quantitative estimate of drug-likeness (QED) is 0.0183. The van der Waals surface area contributed by atoms with Crippen molar-refractivity contribution < 1.29 is 115 Å². The smallest absolute Gasteiger partial charge is 0.407 e. The number of hydrogen-bond donors (Lipinski definition) is 10. The van der Waals surface area contributed by atoms with Gasteiger partial charge in [-0.15, -0.1) is 0 Å². The van der Waals surface area contributed by atoms with Crippen molar-refractivity contribution in [3.8, 4) is 11.1 Å². The number of methoxy groups -OCH3 is 6. The Morgan fingerprint density at radius 1 is 0.463 bits per heavy atom. The van der Waals surface area contributed by atoms with Gasteiger partial charge in [-0.1, -0.05) is 73.8 Å². The minimum absolute atomic E-state index is 0.00518. The number of carbonyl (C=O) groups excluding carboxylic acids is 15. The molecule has 2 aromatic carbocycles. The maximum absolute atomic E-state index is 13.1. The molecule has 1 aliphatic rings. The molecule has 2 aromatic rings. The highest BCUT2D eigenvalue weighted by Gasteiger charge is 2.34. The van der Waals surface area contributed by atoms with Crippen LogP contribution in [0, 0.1) is 0 Å². The first-order valence-electron chi connectivity index (χ1n) is 29.3. The van der Waals surface area contributed by atoms with Crippen molar-refractivity contribution in [1.29, 1.82) is 0 Å². The Labute approximate surface area is 547 Å². The monoisotopic (exact) mass is 1340 g/mol. The largest absolute Gasteiger partial charge is 0.469 e. The average molecular weight is 1340 g/mol. The van der Waals surface area contributed by atoms with E-state index in [4.69, 9.17) is 29.4 Å². The summed E-state index contributed by atoms with van der Waals surface area (Å²) in [4.78, 5) is 186. The van der Waals surface area contributed by atoms with E-state index >= 15 is 0 Å². The van der Waals surface area contributed by atoms with Gasteiger partial charge in [-0.2, -0.15) is 0 Å². The SMILES string of the molecule is C=CCOC(=O)C(CCC(=O)OC)NC(=O)C(COC)NC(=O)CNC(=O)C(CC(=O)OC)NC(=O)C(C)N.C=CCOC(=O)C(CCC(=O)OC)NC(=O)C(COC)NC(=O)CNC(=O)C(CC(=O)OC)NC(=O)C(C)NC(=O)OCC1c2ccccc2-c2ccccc21. The molecule has 3 rings (SSSR count). The Hall–Kier alpha value is -10.4. The number of esters is 6. The number of alkyl carbamates (subject to hydrolysis) is 1. The second-order valence-corrected chi connectivity index (χ2v) is 20.4. The molecule has 1 aliphatic carbocycles. The lowest BCUT2D eigenvalue weighted by molar-refractivity contribution is -0.149. The van der Waals surface area contributed by atoms with Crippen molar-refractivity contribution in [3.05, 3.63) is 85.0 Å². The highest BCUT2D eigenvalue weighted by molar-refractivity contribution is 5.98. The van der Waals surface area contributed by atoms with Gasteiger partial charge >= 0.3 is 41.9 Å². The predicted molar refractivity (Wildman–Crippen MR) is 331 cm³/mol. The second kappa shape index (κ2) is 43.5. The van der Waals surface area contributed by atoms with E-state index in [9.17, 15) is 71.9 Å². The lowest BCUT2D eigenvalue weighted by atomic mass is 9.98. The number of carbonyl (C=O) groups is 15. The fourth-order valence-corrected chi connectivity index (χ4v) is 8.43. The zero-order valence-electron chi connectivity index (χ0n) is 54.0. The topological polar surface area (TPSA) is 473 Å². The third kappa shape index (κ3) is 29.0. The number of ether oxygens (including phenoxy) is 9. The molecule has 0 radical (unpaired) electrons. The minimum atomic E-state index is -1.54. The summed E-state index contributed by atoms with van der Waals surface area (Å²) < 4.78 is 43.7. The molecule has 8 unspecified atom stereocenters. The van der Waals surface area contributed by atoms with Crippen LogP contribution in [-0.2, 0) is 110 Å². The summed E-state index contributed by atoms with van der Waals surface area (Å²) in [6, 6.07) is 5.23. The average Bonchev–Trinajstić information content (AvgIpc) is 1.62. The van der Waals surface area contributed by atoms with Crippen LogP contribution in [0.4, 0.5) is 4.79 Å². The van der Waals surface area contributed by atoms with E-state index in [1.807, 2.05) is 48.5 Å². The first kappa shape index (κ1) is 80.7. The van der Waals surface area contributed by atoms with Crippen LogP contribution in [0.15, 0.2) is 73.8 Å². The third-order valence-electron chi connectivity index (χ3n) is 13.4. The van der Waals surface area contributed by atoms with Crippen molar-refractivity contribution in [2.75, 3.05) is 88.8 Å². The molecular formula is C61H84N10O24. The Morgan fingerprint density at radius 3 is 1.21 bits per heavy atom. The summed E-state index contributed by atoms with van der Waals surface area (Å²) >= 11 is 0. The van der Waals surface area contributed by atoms with E-state index in [1.165, 1.54) is 47.3 Å². The summed E-state index contributed by atoms with van der Waals surface area (Å²) in [7, 11) is 7.02. The molecule has 522 valence electrons. The molecule has 8 atom stereocenters. The van der Waals surface area contributed by atoms with Crippen molar-refractivity contribution in [3.63, 3.8) is 0 Å². The summed E-state index contributed by atoms with van der Waals surface area (Å²) in [5, 5.41) is 21.1. The van der Waals surface area contributed by atoms with E-state index in [0.29, 0.717) is 0 Å². The minimum Gasteiger partial charge on any atom is -0.469 e. The Bertz CT molecular complexity index is 2990. The molecule has 0 aliphatic heterocycles. The molecule has 0 saturated heterocycles. The van der Waals surface area contributed by atoms with Gasteiger partial charge in [-0.05, 0) is 48.9 Å². The van der Waals surface area contributed by atoms with Gasteiger partial charge in [0.05, 0.1) is 73.6 Å². The molecule has 95 heavy (non-hydrogen) atoms. The molecule has 0 heterocycles. The lowest BCUT2D eigenvalue weighted by Crippen LogP contribution is -2.56. The summed E-state index contributed by atoms with van der Waals surface area (Å²) in [6.45, 7) is 7.25. The van der Waals surface area contributed by atoms with Crippen molar-refractivity contribution in [2.45, 2.75) is 107 Å². The van der Waals surface area contributed by atoms with Gasteiger partial charge in [-0.25, -0.2) is 14.4 Å². The van der Waals surface area contributed by atoms with Crippen LogP contribution in [0.2, 0.25) is 0 Å². The van der Waals surface area contributed by atoms with Gasteiger partial charge in [0, 0.05) is 33.0 Å². The number of hydrogen-bond acceptors (Lipinski definition) is 25. The van der Waals surface area contributed by atoms with Crippen LogP contribution < -0.4 is 53.6 Å². The molecule has 0 bridgehead atoms. The number of nitrogens with two attached hydrogens (primary N) is 1. The fourth-order valence-electron chi connectivity index (χ4n) is 8.43. The fraction of sp³-hybridized carbons (Fsp3) is 0.492. The van der Waals surface area contributed by atoms with Gasteiger partial charge in [0.2, 0.25) is 47.3 Å². The molecular weight excluding hydrogens is 1260 g/mol. The summed E-state index contributed by atoms with van der Waals surface area (Å²) in [5.41, 5.74) is 9.55. The van der Waals surface area contributed by atoms with Gasteiger partial charge < -0.3 is 96.2 Å². The van der Waals surface area contributed by atoms with Crippen molar-refractivity contribution in [1.82, 2.24) is 47.9 Å². The molecule has 0 fully saturated rings. The molecule has 0 spiro atoms. The normalized spacial score (nSPS) is 13.4. The van der Waals surface area contributed by atoms with Crippen LogP contribution in [0.1, 0.15) is 69.4 Å². The zero-order valence-corrected chi connectivity index (χ0v) is 54.0. The maximum Gasteiger partial charge on any atom is 0.407 e. The van der Waals surface area contributed by atoms with Crippen LogP contribution in [0.5, 0.6) is 0 Å². The number of nitrogens with one attached hydrogen (secondary N) is 9. The number of benzene rings is 2. The Morgan fingerprint density at radius 2 is 0.842 bits per heavy atom. The first-order valence-corrected chi connectivity index (χ1v) is 29.3. The standard InChI is InChI=1S/C38H47N5O13.C23H37N5O11/c1-6-17-55-37(50)28(15-16-32(45)53-4)42-36(49)30(21-52-3)41-31(44)19-39-35(48)29(18-33(46)54-5)43-34(47)22(2)40-38(51)56-20-27-25-13-9-7-11-23(25)24-12-8-10-14-26(24)27;1-6-9-39-23(35)14(7-8-18(30)37-4)27-22(34)16(12-36-3)26-17(29)11-25-21(33)15(10-19(31)38-5)28-20(32)13(2)24/h6-14,22,27-30H,1,15-21H2,2-5H3,(H,39,48)(H,40,51)(H,41,44)(H,42,49)(H,43,47);6,13-16H,1,7-12,24H2,2-5H3,(H,25,33)(H,26,29)(H,27,34)(H,28,32). The highest BCUT2D eigenvalue weighted by Crippen LogP contribution is 2.44. The Balaban J connectivity index is 0.000000693. The lowest BCUT2D eigenvalue weighted by Gasteiger charge is -2.23. The third-order valence-corrected chi connectivity index (χ3v) is 13.4. The van der Waals surface area contributed by atoms with Crippen molar-refractivity contribution in [2.24, 2.45) is 5.73 Å². The number of rotatable bonds is 39. The van der Waals surface area contributed by atoms with E-state index in [-0.39, 0.29) is 64.6 Å². The molecule has 0 aromatic heterocycles. The predicted octanol–water partition coefficient (Wildman–Crippen LogP) is -2.83. The molecule has 34 nitrogen and oxygen atoms in total. The summed E-state index contributed by atoms with van der Waals surface area (Å²) in [6.07, 6.45) is -0.169. The zero-order chi connectivity index (χ0) is 71.2. The van der Waals surface area contributed by atoms with Crippen LogP contribution in [-0.4, -0.2) is 226 Å². The molecule has 0 saturated carbocycles. The van der Waals surface area contributed by atoms with E-state index in [2.05, 4.69) is 80.0 Å². The van der Waals surface area contributed by atoms with Crippen LogP contribution in [0.3, 0.4) is 0 Å². The van der Waals surface area contributed by atoms with Crippen LogP contribution in [0.25, 0.3) is 11.1 Å². The number of fused-ring (bicyclic) bond motifs is 3. The van der Waals surface area contributed by atoms with E-state index in [1.54, 1.807) is 0 Å². The maximum atomic E-state index is 13.1. The van der Waals surface area contributed by atoms with Gasteiger partial charge in [-0.3, -0.25) is 57.5 Å². The Kier molecular flexibility index (Phi) is 36.9. The van der Waals surface area contributed by atoms with Crippen molar-refractivity contribution >= 4 is 89.2 Å². The van der Waals surface area contributed by atoms with Gasteiger partial charge in [0.15, 0.2) is 0 Å². The second-order valence-electron chi connectivity index (χ2n) is 20.4. The summed E-state index contributed by atoms with van der Waals surface area (Å²) in [5.74, 6) is -11.7. The number of amides is 9. The van der Waals surface area contributed by atoms with Crippen LogP contribution >= 0.6 is 0 Å². The molecule has 34 heteroatoms.